The van der Waals surface area contributed by atoms with Crippen LogP contribution in [0.2, 0.25) is 5.02 Å². The summed E-state index contributed by atoms with van der Waals surface area (Å²) in [5.74, 6) is -0.417. The quantitative estimate of drug-likeness (QED) is 0.339. The SMILES string of the molecule is CC[C@H]1O[C@@H](c2ccc(Cl)c(Cc3ccc(OCCC4(F)COC4)cc3)c2)[C@H](OC(C)=O)[C@@H](OC(C)=O)[C@@H]1C. The van der Waals surface area contributed by atoms with E-state index in [4.69, 9.17) is 35.3 Å². The Morgan fingerprint density at radius 1 is 1.05 bits per heavy atom. The van der Waals surface area contributed by atoms with Crippen molar-refractivity contribution in [3.05, 3.63) is 64.2 Å². The van der Waals surface area contributed by atoms with Gasteiger partial charge in [0.25, 0.3) is 0 Å². The van der Waals surface area contributed by atoms with Crippen molar-refractivity contribution in [2.45, 2.75) is 77.0 Å². The second-order valence-corrected chi connectivity index (χ2v) is 10.8. The summed E-state index contributed by atoms with van der Waals surface area (Å²) >= 11 is 6.58. The second kappa shape index (κ2) is 12.7. The lowest BCUT2D eigenvalue weighted by molar-refractivity contribution is -0.225. The van der Waals surface area contributed by atoms with Crippen molar-refractivity contribution in [2.24, 2.45) is 5.92 Å². The molecule has 0 saturated carbocycles. The van der Waals surface area contributed by atoms with Crippen LogP contribution in [0.15, 0.2) is 42.5 Å². The minimum absolute atomic E-state index is 0.130. The number of halogens is 2. The molecule has 2 saturated heterocycles. The first-order chi connectivity index (χ1) is 18.6. The van der Waals surface area contributed by atoms with Gasteiger partial charge in [0, 0.05) is 31.2 Å². The molecular formula is C30H36ClFO7. The molecular weight excluding hydrogens is 527 g/mol. The number of hydrogen-bond donors (Lipinski definition) is 0. The highest BCUT2D eigenvalue weighted by molar-refractivity contribution is 6.31. The normalized spacial score (nSPS) is 25.8. The summed E-state index contributed by atoms with van der Waals surface area (Å²) in [7, 11) is 0. The highest BCUT2D eigenvalue weighted by Crippen LogP contribution is 2.40. The third-order valence-electron chi connectivity index (χ3n) is 7.31. The predicted octanol–water partition coefficient (Wildman–Crippen LogP) is 5.79. The molecule has 0 radical (unpaired) electrons. The van der Waals surface area contributed by atoms with Gasteiger partial charge >= 0.3 is 11.9 Å². The van der Waals surface area contributed by atoms with Gasteiger partial charge in [0.15, 0.2) is 11.8 Å². The third kappa shape index (κ3) is 7.29. The van der Waals surface area contributed by atoms with Gasteiger partial charge in [0.05, 0.1) is 25.9 Å². The number of benzene rings is 2. The molecule has 5 atom stereocenters. The first-order valence-electron chi connectivity index (χ1n) is 13.3. The van der Waals surface area contributed by atoms with Crippen LogP contribution in [0.25, 0.3) is 0 Å². The summed E-state index contributed by atoms with van der Waals surface area (Å²) in [6, 6.07) is 13.2. The monoisotopic (exact) mass is 562 g/mol. The van der Waals surface area contributed by atoms with Crippen LogP contribution in [-0.2, 0) is 35.0 Å². The predicted molar refractivity (Wildman–Crippen MR) is 144 cm³/mol. The molecule has 9 heteroatoms. The lowest BCUT2D eigenvalue weighted by Gasteiger charge is -2.44. The summed E-state index contributed by atoms with van der Waals surface area (Å²) in [5, 5.41) is 0.590. The van der Waals surface area contributed by atoms with Gasteiger partial charge in [0.2, 0.25) is 0 Å². The Hall–Kier alpha value is -2.68. The summed E-state index contributed by atoms with van der Waals surface area (Å²) in [5.41, 5.74) is 1.39. The van der Waals surface area contributed by atoms with Gasteiger partial charge in [-0.25, -0.2) is 4.39 Å². The van der Waals surface area contributed by atoms with E-state index in [0.717, 1.165) is 16.7 Å². The van der Waals surface area contributed by atoms with Crippen molar-refractivity contribution in [1.82, 2.24) is 0 Å². The van der Waals surface area contributed by atoms with Crippen molar-refractivity contribution in [3.63, 3.8) is 0 Å². The summed E-state index contributed by atoms with van der Waals surface area (Å²) in [6.07, 6.45) is -0.727. The molecule has 0 unspecified atom stereocenters. The van der Waals surface area contributed by atoms with Crippen LogP contribution in [0.3, 0.4) is 0 Å². The van der Waals surface area contributed by atoms with E-state index in [9.17, 15) is 14.0 Å². The van der Waals surface area contributed by atoms with E-state index in [0.29, 0.717) is 30.0 Å². The number of rotatable bonds is 10. The molecule has 2 aromatic rings. The number of esters is 2. The first-order valence-corrected chi connectivity index (χ1v) is 13.7. The number of alkyl halides is 1. The number of carbonyl (C=O) groups is 2. The van der Waals surface area contributed by atoms with Crippen LogP contribution in [0, 0.1) is 5.92 Å². The van der Waals surface area contributed by atoms with E-state index in [2.05, 4.69) is 0 Å². The minimum Gasteiger partial charge on any atom is -0.493 e. The van der Waals surface area contributed by atoms with Crippen molar-refractivity contribution < 1.29 is 37.7 Å². The van der Waals surface area contributed by atoms with E-state index < -0.39 is 35.9 Å². The van der Waals surface area contributed by atoms with Crippen molar-refractivity contribution in [1.29, 1.82) is 0 Å². The zero-order chi connectivity index (χ0) is 28.2. The summed E-state index contributed by atoms with van der Waals surface area (Å²) in [6.45, 7) is 7.16. The van der Waals surface area contributed by atoms with Gasteiger partial charge in [-0.3, -0.25) is 9.59 Å². The molecule has 0 aromatic heterocycles. The van der Waals surface area contributed by atoms with Crippen LogP contribution in [0.5, 0.6) is 5.75 Å². The topological polar surface area (TPSA) is 80.3 Å². The van der Waals surface area contributed by atoms with Gasteiger partial charge in [-0.2, -0.15) is 0 Å². The van der Waals surface area contributed by atoms with E-state index >= 15 is 0 Å². The third-order valence-corrected chi connectivity index (χ3v) is 7.68. The van der Waals surface area contributed by atoms with Gasteiger partial charge in [-0.1, -0.05) is 49.7 Å². The second-order valence-electron chi connectivity index (χ2n) is 10.4. The Morgan fingerprint density at radius 2 is 1.72 bits per heavy atom. The molecule has 0 spiro atoms. The lowest BCUT2D eigenvalue weighted by Crippen LogP contribution is -2.52. The summed E-state index contributed by atoms with van der Waals surface area (Å²) < 4.78 is 42.5. The Labute approximate surface area is 233 Å². The van der Waals surface area contributed by atoms with Crippen LogP contribution < -0.4 is 4.74 Å². The van der Waals surface area contributed by atoms with E-state index in [1.165, 1.54) is 13.8 Å². The molecule has 212 valence electrons. The van der Waals surface area contributed by atoms with Crippen molar-refractivity contribution in [2.75, 3.05) is 19.8 Å². The maximum Gasteiger partial charge on any atom is 0.303 e. The molecule has 0 N–H and O–H groups in total. The van der Waals surface area contributed by atoms with E-state index in [1.54, 1.807) is 6.07 Å². The molecule has 2 aromatic carbocycles. The fourth-order valence-electron chi connectivity index (χ4n) is 5.15. The van der Waals surface area contributed by atoms with E-state index in [1.807, 2.05) is 50.2 Å². The number of ether oxygens (including phenoxy) is 5. The van der Waals surface area contributed by atoms with Gasteiger partial charge < -0.3 is 23.7 Å². The average molecular weight is 563 g/mol. The standard InChI is InChI=1S/C30H36ClFO7/c1-5-26-18(2)27(37-19(3)33)29(38-20(4)34)28(39-26)22-8-11-25(31)23(15-22)14-21-6-9-24(10-7-21)36-13-12-30(32)16-35-17-30/h6-11,15,18,26-29H,5,12-14,16-17H2,1-4H3/t18-,26-,27+,28+,29-/m1/s1. The zero-order valence-electron chi connectivity index (χ0n) is 22.8. The number of hydrogen-bond acceptors (Lipinski definition) is 7. The summed E-state index contributed by atoms with van der Waals surface area (Å²) in [4.78, 5) is 23.9. The van der Waals surface area contributed by atoms with Gasteiger partial charge in [-0.05, 0) is 47.7 Å². The van der Waals surface area contributed by atoms with Crippen LogP contribution in [0.1, 0.15) is 63.3 Å². The van der Waals surface area contributed by atoms with Crippen molar-refractivity contribution >= 4 is 23.5 Å². The largest absolute Gasteiger partial charge is 0.493 e. The molecule has 2 aliphatic heterocycles. The van der Waals surface area contributed by atoms with Crippen LogP contribution >= 0.6 is 11.6 Å². The Morgan fingerprint density at radius 3 is 2.31 bits per heavy atom. The Balaban J connectivity index is 1.51. The molecule has 2 fully saturated rings. The molecule has 0 bridgehead atoms. The zero-order valence-corrected chi connectivity index (χ0v) is 23.5. The fraction of sp³-hybridized carbons (Fsp3) is 0.533. The molecule has 2 heterocycles. The van der Waals surface area contributed by atoms with Crippen molar-refractivity contribution in [3.8, 4) is 5.75 Å². The Bertz CT molecular complexity index is 1150. The maximum absolute atomic E-state index is 14.1. The molecule has 4 rings (SSSR count). The lowest BCUT2D eigenvalue weighted by atomic mass is 9.84. The number of carbonyl (C=O) groups excluding carboxylic acids is 2. The smallest absolute Gasteiger partial charge is 0.303 e. The van der Waals surface area contributed by atoms with Crippen LogP contribution in [0.4, 0.5) is 4.39 Å². The molecule has 39 heavy (non-hydrogen) atoms. The minimum atomic E-state index is -1.27. The molecule has 0 aliphatic carbocycles. The first kappa shape index (κ1) is 29.3. The fourth-order valence-corrected chi connectivity index (χ4v) is 5.33. The highest BCUT2D eigenvalue weighted by Gasteiger charge is 2.47. The Kier molecular flexibility index (Phi) is 9.51. The maximum atomic E-state index is 14.1. The molecule has 7 nitrogen and oxygen atoms in total. The van der Waals surface area contributed by atoms with Crippen LogP contribution in [-0.4, -0.2) is 55.7 Å². The highest BCUT2D eigenvalue weighted by atomic mass is 35.5. The van der Waals surface area contributed by atoms with E-state index in [-0.39, 0.29) is 31.8 Å². The van der Waals surface area contributed by atoms with Gasteiger partial charge in [0.1, 0.15) is 18.0 Å². The molecule has 0 amide bonds. The van der Waals surface area contributed by atoms with Gasteiger partial charge in [-0.15, -0.1) is 0 Å². The average Bonchev–Trinajstić information content (AvgIpc) is 2.87. The molecule has 2 aliphatic rings.